The first kappa shape index (κ1) is 47.6. The molecule has 4 heteroatoms. The highest BCUT2D eigenvalue weighted by molar-refractivity contribution is 5.76. The van der Waals surface area contributed by atoms with E-state index in [0.29, 0.717) is 12.8 Å². The van der Waals surface area contributed by atoms with Crippen LogP contribution < -0.4 is 5.32 Å². The fraction of sp³-hybridized carbons (Fsp3) is 0.844. The number of aliphatic hydroxyl groups is 2. The van der Waals surface area contributed by atoms with E-state index in [1.807, 2.05) is 0 Å². The Balaban J connectivity index is 3.35. The van der Waals surface area contributed by atoms with Gasteiger partial charge in [0.1, 0.15) is 0 Å². The molecule has 2 atom stereocenters. The van der Waals surface area contributed by atoms with Crippen LogP contribution in [0.25, 0.3) is 0 Å². The Kier molecular flexibility index (Phi) is 39.9. The van der Waals surface area contributed by atoms with Crippen LogP contribution in [0.1, 0.15) is 226 Å². The van der Waals surface area contributed by atoms with Gasteiger partial charge in [0.15, 0.2) is 0 Å². The first-order valence-corrected chi connectivity index (χ1v) is 21.7. The lowest BCUT2D eigenvalue weighted by Gasteiger charge is -2.22. The van der Waals surface area contributed by atoms with Crippen LogP contribution in [0.3, 0.4) is 0 Å². The van der Waals surface area contributed by atoms with Gasteiger partial charge in [-0.2, -0.15) is 0 Å². The van der Waals surface area contributed by atoms with E-state index in [2.05, 4.69) is 55.6 Å². The van der Waals surface area contributed by atoms with Crippen molar-refractivity contribution < 1.29 is 15.0 Å². The fourth-order valence-corrected chi connectivity index (χ4v) is 6.54. The summed E-state index contributed by atoms with van der Waals surface area (Å²) in [7, 11) is 0. The number of allylic oxidation sites excluding steroid dienone is 6. The fourth-order valence-electron chi connectivity index (χ4n) is 6.54. The van der Waals surface area contributed by atoms with Gasteiger partial charge in [0.05, 0.1) is 18.8 Å². The molecule has 4 nitrogen and oxygen atoms in total. The summed E-state index contributed by atoms with van der Waals surface area (Å²) in [5.41, 5.74) is 0. The summed E-state index contributed by atoms with van der Waals surface area (Å²) < 4.78 is 0. The minimum Gasteiger partial charge on any atom is -0.394 e. The highest BCUT2D eigenvalue weighted by Crippen LogP contribution is 2.15. The number of nitrogens with one attached hydrogen (secondary N) is 1. The van der Waals surface area contributed by atoms with Gasteiger partial charge < -0.3 is 15.5 Å². The van der Waals surface area contributed by atoms with Crippen molar-refractivity contribution in [3.63, 3.8) is 0 Å². The molecule has 0 spiro atoms. The smallest absolute Gasteiger partial charge is 0.220 e. The van der Waals surface area contributed by atoms with Crippen molar-refractivity contribution in [1.82, 2.24) is 5.32 Å². The predicted octanol–water partition coefficient (Wildman–Crippen LogP) is 13.4. The van der Waals surface area contributed by atoms with Crippen LogP contribution in [0.5, 0.6) is 0 Å². The average Bonchev–Trinajstić information content (AvgIpc) is 3.11. The van der Waals surface area contributed by atoms with E-state index in [0.717, 1.165) is 44.9 Å². The summed E-state index contributed by atoms with van der Waals surface area (Å²) in [5, 5.41) is 22.7. The summed E-state index contributed by atoms with van der Waals surface area (Å²) in [6, 6.07) is -0.530. The zero-order chi connectivity index (χ0) is 35.7. The van der Waals surface area contributed by atoms with Crippen LogP contribution >= 0.6 is 0 Å². The first-order valence-electron chi connectivity index (χ1n) is 21.7. The quantitative estimate of drug-likeness (QED) is 0.0445. The number of rotatable bonds is 39. The Labute approximate surface area is 306 Å². The highest BCUT2D eigenvalue weighted by Gasteiger charge is 2.19. The second kappa shape index (κ2) is 41.0. The minimum absolute atomic E-state index is 0.0396. The molecular formula is C45H85NO3. The van der Waals surface area contributed by atoms with E-state index in [-0.39, 0.29) is 12.5 Å². The molecule has 3 N–H and O–H groups in total. The van der Waals surface area contributed by atoms with Crippen molar-refractivity contribution in [2.24, 2.45) is 0 Å². The molecule has 0 aromatic rings. The maximum absolute atomic E-state index is 12.2. The Morgan fingerprint density at radius 3 is 1.24 bits per heavy atom. The molecule has 0 saturated carbocycles. The van der Waals surface area contributed by atoms with E-state index in [1.165, 1.54) is 154 Å². The third kappa shape index (κ3) is 37.7. The van der Waals surface area contributed by atoms with Crippen LogP contribution in [0.15, 0.2) is 36.5 Å². The summed E-state index contributed by atoms with van der Waals surface area (Å²) in [5.74, 6) is -0.0396. The van der Waals surface area contributed by atoms with E-state index >= 15 is 0 Å². The Bertz CT molecular complexity index is 746. The lowest BCUT2D eigenvalue weighted by molar-refractivity contribution is -0.123. The molecule has 0 saturated heterocycles. The number of unbranched alkanes of at least 4 members (excludes halogenated alkanes) is 26. The molecule has 0 heterocycles. The summed E-state index contributed by atoms with van der Waals surface area (Å²) >= 11 is 0. The van der Waals surface area contributed by atoms with E-state index in [9.17, 15) is 15.0 Å². The molecule has 0 aromatic heterocycles. The highest BCUT2D eigenvalue weighted by atomic mass is 16.3. The third-order valence-electron chi connectivity index (χ3n) is 9.90. The molecule has 1 amide bonds. The Morgan fingerprint density at radius 1 is 0.490 bits per heavy atom. The van der Waals surface area contributed by atoms with Crippen molar-refractivity contribution in [3.8, 4) is 0 Å². The van der Waals surface area contributed by atoms with Gasteiger partial charge in [-0.15, -0.1) is 0 Å². The zero-order valence-corrected chi connectivity index (χ0v) is 33.0. The molecule has 49 heavy (non-hydrogen) atoms. The monoisotopic (exact) mass is 688 g/mol. The lowest BCUT2D eigenvalue weighted by Crippen LogP contribution is -2.45. The minimum atomic E-state index is -0.653. The molecule has 0 fully saturated rings. The number of amides is 1. The largest absolute Gasteiger partial charge is 0.394 e. The summed E-state index contributed by atoms with van der Waals surface area (Å²) in [6.07, 6.45) is 54.3. The van der Waals surface area contributed by atoms with Gasteiger partial charge in [0, 0.05) is 6.42 Å². The maximum atomic E-state index is 12.2. The van der Waals surface area contributed by atoms with E-state index < -0.39 is 12.1 Å². The molecule has 288 valence electrons. The van der Waals surface area contributed by atoms with Gasteiger partial charge in [0.2, 0.25) is 5.91 Å². The normalized spacial score (nSPS) is 13.3. The summed E-state index contributed by atoms with van der Waals surface area (Å²) in [6.45, 7) is 4.24. The average molecular weight is 688 g/mol. The topological polar surface area (TPSA) is 69.6 Å². The number of carbonyl (C=O) groups is 1. The SMILES string of the molecule is CCCCCCC/C=C\C/C=C\C/C=C\CCCCCCCCCCCCCCCCCCCCC(=O)NC(CO)C(O)CCCCCC. The predicted molar refractivity (Wildman–Crippen MR) is 216 cm³/mol. The maximum Gasteiger partial charge on any atom is 0.220 e. The van der Waals surface area contributed by atoms with Crippen molar-refractivity contribution >= 4 is 5.91 Å². The van der Waals surface area contributed by atoms with Gasteiger partial charge in [-0.05, 0) is 51.4 Å². The number of hydrogen-bond donors (Lipinski definition) is 3. The van der Waals surface area contributed by atoms with Crippen LogP contribution in [-0.4, -0.2) is 34.9 Å². The van der Waals surface area contributed by atoms with Gasteiger partial charge in [-0.1, -0.05) is 204 Å². The lowest BCUT2D eigenvalue weighted by atomic mass is 10.0. The van der Waals surface area contributed by atoms with Crippen LogP contribution in [0.4, 0.5) is 0 Å². The molecule has 0 bridgehead atoms. The van der Waals surface area contributed by atoms with Gasteiger partial charge >= 0.3 is 0 Å². The number of carbonyl (C=O) groups excluding carboxylic acids is 1. The molecule has 2 unspecified atom stereocenters. The van der Waals surface area contributed by atoms with Gasteiger partial charge in [-0.25, -0.2) is 0 Å². The molecule has 0 aromatic carbocycles. The first-order chi connectivity index (χ1) is 24.2. The third-order valence-corrected chi connectivity index (χ3v) is 9.90. The van der Waals surface area contributed by atoms with Crippen molar-refractivity contribution in [2.45, 2.75) is 238 Å². The molecule has 0 rings (SSSR count). The second-order valence-corrected chi connectivity index (χ2v) is 14.8. The van der Waals surface area contributed by atoms with Crippen molar-refractivity contribution in [2.75, 3.05) is 6.61 Å². The standard InChI is InChI=1S/C45H85NO3/c1-3-5-7-9-10-11-12-13-14-15-16-17-18-19-20-21-22-23-24-25-26-27-28-29-30-31-32-33-34-35-36-37-39-41-45(49)46-43(42-47)44(48)40-38-8-6-4-2/h12-13,15-16,18-19,43-44,47-48H,3-11,14,17,20-42H2,1-2H3,(H,46,49)/b13-12-,16-15-,19-18-. The Hall–Kier alpha value is -1.39. The van der Waals surface area contributed by atoms with Gasteiger partial charge in [-0.3, -0.25) is 4.79 Å². The Morgan fingerprint density at radius 2 is 0.837 bits per heavy atom. The number of hydrogen-bond acceptors (Lipinski definition) is 3. The van der Waals surface area contributed by atoms with Crippen LogP contribution in [0.2, 0.25) is 0 Å². The van der Waals surface area contributed by atoms with Crippen molar-refractivity contribution in [1.29, 1.82) is 0 Å². The molecule has 0 aliphatic carbocycles. The molecule has 0 radical (unpaired) electrons. The zero-order valence-electron chi connectivity index (χ0n) is 33.0. The molecule has 0 aliphatic rings. The van der Waals surface area contributed by atoms with Crippen molar-refractivity contribution in [3.05, 3.63) is 36.5 Å². The molecule has 0 aliphatic heterocycles. The van der Waals surface area contributed by atoms with Gasteiger partial charge in [0.25, 0.3) is 0 Å². The van der Waals surface area contributed by atoms with E-state index in [1.54, 1.807) is 0 Å². The summed E-state index contributed by atoms with van der Waals surface area (Å²) in [4.78, 5) is 12.2. The van der Waals surface area contributed by atoms with Crippen LogP contribution in [-0.2, 0) is 4.79 Å². The van der Waals surface area contributed by atoms with Crippen LogP contribution in [0, 0.1) is 0 Å². The number of aliphatic hydroxyl groups excluding tert-OH is 2. The molecular weight excluding hydrogens is 602 g/mol. The van der Waals surface area contributed by atoms with E-state index in [4.69, 9.17) is 0 Å². The second-order valence-electron chi connectivity index (χ2n) is 14.8.